The summed E-state index contributed by atoms with van der Waals surface area (Å²) in [5.74, 6) is 0. The van der Waals surface area contributed by atoms with Crippen LogP contribution in [0.3, 0.4) is 0 Å². The molecule has 72 valence electrons. The van der Waals surface area contributed by atoms with E-state index in [-0.39, 0.29) is 25.6 Å². The van der Waals surface area contributed by atoms with E-state index >= 15 is 0 Å². The molecule has 5 nitrogen and oxygen atoms in total. The first-order chi connectivity index (χ1) is 4.56. The Kier molecular flexibility index (Phi) is 64.7. The van der Waals surface area contributed by atoms with E-state index in [1.807, 2.05) is 0 Å². The van der Waals surface area contributed by atoms with Crippen LogP contribution in [0.4, 0.5) is 0 Å². The first kappa shape index (κ1) is 22.5. The van der Waals surface area contributed by atoms with Gasteiger partial charge in [-0.05, 0) is 13.8 Å². The normalized spacial score (nSPS) is 5.55. The summed E-state index contributed by atoms with van der Waals surface area (Å²) in [6.45, 7) is 3.86. The van der Waals surface area contributed by atoms with Crippen molar-refractivity contribution in [1.29, 1.82) is 0 Å². The van der Waals surface area contributed by atoms with E-state index in [0.717, 1.165) is 0 Å². The average Bonchev–Trinajstić information content (AvgIpc) is 1.65. The molecule has 3 N–H and O–H groups in total. The quantitative estimate of drug-likeness (QED) is 0.525. The molecule has 0 bridgehead atoms. The first-order valence-electron chi connectivity index (χ1n) is 2.61. The molecule has 0 saturated carbocycles. The second-order valence-electron chi connectivity index (χ2n) is 0.870. The van der Waals surface area contributed by atoms with Gasteiger partial charge in [0.1, 0.15) is 0 Å². The molecule has 11 heavy (non-hydrogen) atoms. The minimum atomic E-state index is -3.69. The fraction of sp³-hybridized carbons (Fsp3) is 1.00. The van der Waals surface area contributed by atoms with E-state index < -0.39 is 15.4 Å². The third kappa shape index (κ3) is 5750. The van der Waals surface area contributed by atoms with Crippen LogP contribution in [0.15, 0.2) is 0 Å². The van der Waals surface area contributed by atoms with E-state index in [4.69, 9.17) is 21.6 Å². The van der Waals surface area contributed by atoms with Gasteiger partial charge in [-0.15, -0.1) is 12.4 Å². The maximum atomic E-state index is 8.67. The van der Waals surface area contributed by atoms with Gasteiger partial charge in [-0.3, -0.25) is 0 Å². The van der Waals surface area contributed by atoms with Gasteiger partial charge < -0.3 is 10.2 Å². The minimum absolute atomic E-state index is 0. The third-order valence-corrected chi connectivity index (χ3v) is 0. The number of halogens is 1. The Morgan fingerprint density at radius 1 is 1.09 bits per heavy atom. The van der Waals surface area contributed by atoms with E-state index in [1.165, 1.54) is 0 Å². The van der Waals surface area contributed by atoms with E-state index in [9.17, 15) is 0 Å². The van der Waals surface area contributed by atoms with Gasteiger partial charge in [0.2, 0.25) is 0 Å². The van der Waals surface area contributed by atoms with E-state index in [1.54, 1.807) is 13.8 Å². The molecule has 7 heteroatoms. The van der Waals surface area contributed by atoms with Gasteiger partial charge in [-0.2, -0.15) is 0 Å². The molecule has 0 aliphatic carbocycles. The predicted molar refractivity (Wildman–Crippen MR) is 36.4 cm³/mol. The van der Waals surface area contributed by atoms with Gasteiger partial charge in [-0.25, -0.2) is 0 Å². The summed E-state index contributed by atoms with van der Waals surface area (Å²) in [7, 11) is 0. The Morgan fingerprint density at radius 2 is 1.09 bits per heavy atom. The van der Waals surface area contributed by atoms with Crippen LogP contribution in [0.2, 0.25) is 0 Å². The second kappa shape index (κ2) is 31.6. The van der Waals surface area contributed by atoms with Crippen LogP contribution in [0.25, 0.3) is 0 Å². The van der Waals surface area contributed by atoms with Crippen molar-refractivity contribution < 1.29 is 37.0 Å². The van der Waals surface area contributed by atoms with Gasteiger partial charge in [0.05, 0.1) is 0 Å². The molecule has 0 aromatic heterocycles. The molecule has 0 heterocycles. The molecule has 0 fully saturated rings. The topological polar surface area (TPSA) is 94.8 Å². The number of rotatable bonds is 0. The standard InChI is InChI=1S/2C2H6O.ClH.H2O.2O.V/c2*1-2-3;;;;;/h2*3H,2H2,1H3;1H;1H2;;;/q;;;;;;+1/p-1. The van der Waals surface area contributed by atoms with Crippen molar-refractivity contribution >= 4 is 12.4 Å². The van der Waals surface area contributed by atoms with E-state index in [2.05, 4.69) is 0 Å². The van der Waals surface area contributed by atoms with Crippen molar-refractivity contribution in [3.63, 3.8) is 0 Å². The van der Waals surface area contributed by atoms with Crippen LogP contribution in [0.5, 0.6) is 0 Å². The molecule has 0 radical (unpaired) electrons. The Labute approximate surface area is 76.8 Å². The van der Waals surface area contributed by atoms with E-state index in [0.29, 0.717) is 0 Å². The number of hydrogen-bond acceptors (Lipinski definition) is 4. The first-order valence-corrected chi connectivity index (χ1v) is 4.38. The van der Waals surface area contributed by atoms with Crippen molar-refractivity contribution in [2.45, 2.75) is 13.8 Å². The van der Waals surface area contributed by atoms with Crippen LogP contribution in [-0.2, 0) is 22.7 Å². The maximum absolute atomic E-state index is 8.67. The summed E-state index contributed by atoms with van der Waals surface area (Å²) in [6, 6.07) is 0. The summed E-state index contributed by atoms with van der Waals surface area (Å²) in [5.41, 5.74) is 0. The van der Waals surface area contributed by atoms with Crippen molar-refractivity contribution in [2.24, 2.45) is 0 Å². The predicted octanol–water partition coefficient (Wildman–Crippen LogP) is -0.378. The fourth-order valence-electron chi connectivity index (χ4n) is 0. The Hall–Kier alpha value is 0.354. The molecule has 0 spiro atoms. The SMILES string of the molecule is CCO.CCO.Cl.[O]=[V](=[O])[OH]. The van der Waals surface area contributed by atoms with Crippen molar-refractivity contribution in [3.8, 4) is 0 Å². The van der Waals surface area contributed by atoms with Gasteiger partial charge in [0.15, 0.2) is 0 Å². The molecular weight excluding hydrogens is 214 g/mol. The third-order valence-electron chi connectivity index (χ3n) is 0. The molecule has 0 aromatic rings. The van der Waals surface area contributed by atoms with Gasteiger partial charge in [0.25, 0.3) is 0 Å². The summed E-state index contributed by atoms with van der Waals surface area (Å²) in [4.78, 5) is 0. The summed E-state index contributed by atoms with van der Waals surface area (Å²) < 4.78 is 24.4. The van der Waals surface area contributed by atoms with Gasteiger partial charge >= 0.3 is 26.8 Å². The molecule has 0 atom stereocenters. The Morgan fingerprint density at radius 3 is 1.09 bits per heavy atom. The summed E-state index contributed by atoms with van der Waals surface area (Å²) in [6.07, 6.45) is 0. The molecular formula is C4H14ClO5V. The average molecular weight is 229 g/mol. The number of aliphatic hydroxyl groups excluding tert-OH is 2. The van der Waals surface area contributed by atoms with Gasteiger partial charge in [-0.1, -0.05) is 0 Å². The zero-order valence-corrected chi connectivity index (χ0v) is 8.64. The molecule has 0 saturated heterocycles. The molecule has 0 aliphatic heterocycles. The summed E-state index contributed by atoms with van der Waals surface area (Å²) in [5, 5.41) is 15.1. The van der Waals surface area contributed by atoms with Crippen LogP contribution in [0, 0.1) is 0 Å². The van der Waals surface area contributed by atoms with Crippen molar-refractivity contribution in [2.75, 3.05) is 13.2 Å². The molecule has 0 amide bonds. The molecule has 0 rings (SSSR count). The molecule has 0 unspecified atom stereocenters. The zero-order chi connectivity index (χ0) is 8.99. The van der Waals surface area contributed by atoms with Crippen molar-refractivity contribution in [1.82, 2.24) is 0 Å². The Balaban J connectivity index is -0.0000000325. The van der Waals surface area contributed by atoms with Crippen LogP contribution >= 0.6 is 12.4 Å². The summed E-state index contributed by atoms with van der Waals surface area (Å²) >= 11 is -3.69. The van der Waals surface area contributed by atoms with Gasteiger partial charge in [0, 0.05) is 13.2 Å². The number of aliphatic hydroxyl groups is 2. The second-order valence-corrected chi connectivity index (χ2v) is 1.61. The fourth-order valence-corrected chi connectivity index (χ4v) is 0. The number of hydrogen-bond donors (Lipinski definition) is 3. The van der Waals surface area contributed by atoms with Crippen LogP contribution in [-0.4, -0.2) is 27.5 Å². The van der Waals surface area contributed by atoms with Crippen molar-refractivity contribution in [3.05, 3.63) is 0 Å². The monoisotopic (exact) mass is 228 g/mol. The van der Waals surface area contributed by atoms with Crippen LogP contribution < -0.4 is 0 Å². The van der Waals surface area contributed by atoms with Crippen LogP contribution in [0.1, 0.15) is 13.8 Å². The zero-order valence-electron chi connectivity index (χ0n) is 6.43. The Bertz CT molecular complexity index is 84.5. The molecule has 0 aliphatic rings. The molecule has 0 aromatic carbocycles.